The Kier molecular flexibility index (Phi) is 5.04. The summed E-state index contributed by atoms with van der Waals surface area (Å²) in [5.41, 5.74) is 0.225. The normalized spacial score (nSPS) is 19.2. The monoisotopic (exact) mass is 314 g/mol. The predicted molar refractivity (Wildman–Crippen MR) is 75.8 cm³/mol. The second kappa shape index (κ2) is 6.55. The molecule has 1 aliphatic carbocycles. The van der Waals surface area contributed by atoms with Crippen LogP contribution in [0.2, 0.25) is 0 Å². The highest BCUT2D eigenvalue weighted by molar-refractivity contribution is 9.09. The van der Waals surface area contributed by atoms with Gasteiger partial charge in [0.25, 0.3) is 0 Å². The lowest BCUT2D eigenvalue weighted by Crippen LogP contribution is -2.30. The third-order valence-electron chi connectivity index (χ3n) is 3.79. The Hall–Kier alpha value is -0.570. The highest BCUT2D eigenvalue weighted by atomic mass is 79.9. The van der Waals surface area contributed by atoms with E-state index in [1.807, 2.05) is 6.07 Å². The van der Waals surface area contributed by atoms with Gasteiger partial charge >= 0.3 is 0 Å². The molecule has 1 aromatic rings. The molecule has 0 radical (unpaired) electrons. The maximum absolute atomic E-state index is 13.1. The largest absolute Gasteiger partial charge is 0.493 e. The van der Waals surface area contributed by atoms with Crippen LogP contribution in [0.15, 0.2) is 24.3 Å². The van der Waals surface area contributed by atoms with Crippen molar-refractivity contribution in [2.45, 2.75) is 38.5 Å². The number of alkyl halides is 1. The summed E-state index contributed by atoms with van der Waals surface area (Å²) in [5, 5.41) is 0.968. The average Bonchev–Trinajstić information content (AvgIpc) is 2.63. The van der Waals surface area contributed by atoms with E-state index < -0.39 is 0 Å². The van der Waals surface area contributed by atoms with Crippen molar-refractivity contribution < 1.29 is 9.13 Å². The first-order valence-electron chi connectivity index (χ1n) is 6.68. The average molecular weight is 315 g/mol. The molecule has 0 aromatic heterocycles. The molecule has 1 fully saturated rings. The second-order valence-electron chi connectivity index (χ2n) is 5.29. The lowest BCUT2D eigenvalue weighted by Gasteiger charge is -2.30. The fourth-order valence-corrected chi connectivity index (χ4v) is 3.31. The first-order chi connectivity index (χ1) is 8.74. The maximum atomic E-state index is 13.1. The number of ether oxygens (including phenoxy) is 1. The Labute approximate surface area is 117 Å². The van der Waals surface area contributed by atoms with Gasteiger partial charge in [-0.05, 0) is 25.0 Å². The van der Waals surface area contributed by atoms with Crippen LogP contribution in [0.3, 0.4) is 0 Å². The second-order valence-corrected chi connectivity index (χ2v) is 5.85. The van der Waals surface area contributed by atoms with Gasteiger partial charge in [-0.2, -0.15) is 0 Å². The van der Waals surface area contributed by atoms with E-state index in [0.717, 1.165) is 5.33 Å². The van der Waals surface area contributed by atoms with Crippen molar-refractivity contribution in [1.82, 2.24) is 0 Å². The third-order valence-corrected chi connectivity index (χ3v) is 4.98. The molecule has 1 aromatic carbocycles. The fraction of sp³-hybridized carbons (Fsp3) is 0.600. The van der Waals surface area contributed by atoms with Crippen molar-refractivity contribution in [3.63, 3.8) is 0 Å². The molecular formula is C15H20BrFO. The lowest BCUT2D eigenvalue weighted by atomic mass is 9.83. The Morgan fingerprint density at radius 1 is 1.17 bits per heavy atom. The topological polar surface area (TPSA) is 9.23 Å². The van der Waals surface area contributed by atoms with Crippen LogP contribution < -0.4 is 4.74 Å². The van der Waals surface area contributed by atoms with Crippen molar-refractivity contribution in [3.05, 3.63) is 30.1 Å². The van der Waals surface area contributed by atoms with Gasteiger partial charge in [-0.1, -0.05) is 47.7 Å². The van der Waals surface area contributed by atoms with E-state index in [-0.39, 0.29) is 11.2 Å². The van der Waals surface area contributed by atoms with Crippen LogP contribution in [0.25, 0.3) is 0 Å². The SMILES string of the molecule is Fc1cccc(OCC2(CBr)CCCCCC2)c1. The maximum Gasteiger partial charge on any atom is 0.126 e. The van der Waals surface area contributed by atoms with E-state index >= 15 is 0 Å². The van der Waals surface area contributed by atoms with Gasteiger partial charge in [0.2, 0.25) is 0 Å². The molecule has 1 aliphatic rings. The van der Waals surface area contributed by atoms with Gasteiger partial charge in [0, 0.05) is 16.8 Å². The fourth-order valence-electron chi connectivity index (χ4n) is 2.59. The number of benzene rings is 1. The van der Waals surface area contributed by atoms with Gasteiger partial charge in [-0.3, -0.25) is 0 Å². The molecule has 0 amide bonds. The zero-order chi connectivity index (χ0) is 12.8. The van der Waals surface area contributed by atoms with Crippen molar-refractivity contribution in [2.24, 2.45) is 5.41 Å². The van der Waals surface area contributed by atoms with E-state index in [2.05, 4.69) is 15.9 Å². The molecule has 100 valence electrons. The highest BCUT2D eigenvalue weighted by Gasteiger charge is 2.30. The van der Waals surface area contributed by atoms with Crippen LogP contribution in [0, 0.1) is 11.2 Å². The van der Waals surface area contributed by atoms with E-state index in [1.54, 1.807) is 6.07 Å². The van der Waals surface area contributed by atoms with Crippen LogP contribution in [0.1, 0.15) is 38.5 Å². The first kappa shape index (κ1) is 13.9. The minimum atomic E-state index is -0.235. The molecule has 0 unspecified atom stereocenters. The van der Waals surface area contributed by atoms with Crippen molar-refractivity contribution >= 4 is 15.9 Å². The van der Waals surface area contributed by atoms with Crippen molar-refractivity contribution in [3.8, 4) is 5.75 Å². The minimum absolute atomic E-state index is 0.225. The third kappa shape index (κ3) is 3.71. The standard InChI is InChI=1S/C15H20BrFO/c16-11-15(8-3-1-2-4-9-15)12-18-14-7-5-6-13(17)10-14/h5-7,10H,1-4,8-9,11-12H2. The van der Waals surface area contributed by atoms with Crippen molar-refractivity contribution in [1.29, 1.82) is 0 Å². The zero-order valence-electron chi connectivity index (χ0n) is 10.6. The lowest BCUT2D eigenvalue weighted by molar-refractivity contribution is 0.149. The van der Waals surface area contributed by atoms with Gasteiger partial charge in [-0.25, -0.2) is 4.39 Å². The quantitative estimate of drug-likeness (QED) is 0.565. The van der Waals surface area contributed by atoms with Gasteiger partial charge in [-0.15, -0.1) is 0 Å². The summed E-state index contributed by atoms with van der Waals surface area (Å²) in [7, 11) is 0. The number of rotatable bonds is 4. The summed E-state index contributed by atoms with van der Waals surface area (Å²) in [6.07, 6.45) is 7.61. The van der Waals surface area contributed by atoms with E-state index in [4.69, 9.17) is 4.74 Å². The summed E-state index contributed by atoms with van der Waals surface area (Å²) in [6, 6.07) is 6.41. The van der Waals surface area contributed by atoms with E-state index in [9.17, 15) is 4.39 Å². The molecule has 18 heavy (non-hydrogen) atoms. The van der Waals surface area contributed by atoms with Crippen molar-refractivity contribution in [2.75, 3.05) is 11.9 Å². The Balaban J connectivity index is 1.97. The molecule has 0 heterocycles. The molecule has 0 N–H and O–H groups in total. The molecule has 1 saturated carbocycles. The zero-order valence-corrected chi connectivity index (χ0v) is 12.2. The van der Waals surface area contributed by atoms with Gasteiger partial charge < -0.3 is 4.74 Å². The van der Waals surface area contributed by atoms with Gasteiger partial charge in [0.15, 0.2) is 0 Å². The van der Waals surface area contributed by atoms with Crippen LogP contribution in [-0.4, -0.2) is 11.9 Å². The summed E-state index contributed by atoms with van der Waals surface area (Å²) in [5.74, 6) is 0.404. The molecule has 0 aliphatic heterocycles. The van der Waals surface area contributed by atoms with Crippen LogP contribution >= 0.6 is 15.9 Å². The van der Waals surface area contributed by atoms with Crippen LogP contribution in [-0.2, 0) is 0 Å². The molecule has 3 heteroatoms. The Bertz CT molecular complexity index is 373. The Morgan fingerprint density at radius 2 is 1.89 bits per heavy atom. The molecule has 0 saturated heterocycles. The molecule has 0 bridgehead atoms. The Morgan fingerprint density at radius 3 is 2.50 bits per heavy atom. The van der Waals surface area contributed by atoms with Crippen LogP contribution in [0.4, 0.5) is 4.39 Å². The van der Waals surface area contributed by atoms with E-state index in [0.29, 0.717) is 12.4 Å². The highest BCUT2D eigenvalue weighted by Crippen LogP contribution is 2.37. The first-order valence-corrected chi connectivity index (χ1v) is 7.81. The number of hydrogen-bond donors (Lipinski definition) is 0. The molecule has 2 rings (SSSR count). The number of halogens is 2. The van der Waals surface area contributed by atoms with Crippen LogP contribution in [0.5, 0.6) is 5.75 Å². The summed E-state index contributed by atoms with van der Waals surface area (Å²) < 4.78 is 18.9. The summed E-state index contributed by atoms with van der Waals surface area (Å²) >= 11 is 3.64. The van der Waals surface area contributed by atoms with Gasteiger partial charge in [0.1, 0.15) is 11.6 Å². The smallest absolute Gasteiger partial charge is 0.126 e. The molecule has 1 nitrogen and oxygen atoms in total. The molecular weight excluding hydrogens is 295 g/mol. The summed E-state index contributed by atoms with van der Waals surface area (Å²) in [4.78, 5) is 0. The molecule has 0 spiro atoms. The minimum Gasteiger partial charge on any atom is -0.493 e. The van der Waals surface area contributed by atoms with E-state index in [1.165, 1.54) is 50.7 Å². The summed E-state index contributed by atoms with van der Waals surface area (Å²) in [6.45, 7) is 0.682. The van der Waals surface area contributed by atoms with Gasteiger partial charge in [0.05, 0.1) is 6.61 Å². The molecule has 0 atom stereocenters. The predicted octanol–water partition coefficient (Wildman–Crippen LogP) is 4.94. The number of hydrogen-bond acceptors (Lipinski definition) is 1.